The van der Waals surface area contributed by atoms with Crippen LogP contribution in [0.3, 0.4) is 0 Å². The average Bonchev–Trinajstić information content (AvgIpc) is 2.49. The lowest BCUT2D eigenvalue weighted by molar-refractivity contribution is -0.146. The normalized spacial score (nSPS) is 12.1. The van der Waals surface area contributed by atoms with Crippen LogP contribution in [-0.4, -0.2) is 24.5 Å². The molecule has 1 atom stereocenters. The van der Waals surface area contributed by atoms with E-state index in [1.807, 2.05) is 20.8 Å². The molecule has 0 aliphatic rings. The highest BCUT2D eigenvalue weighted by molar-refractivity contribution is 5.97. The van der Waals surface area contributed by atoms with E-state index in [1.54, 1.807) is 0 Å². The molecule has 4 nitrogen and oxygen atoms in total. The van der Waals surface area contributed by atoms with E-state index < -0.39 is 40.9 Å². The number of rotatable bonds is 7. The summed E-state index contributed by atoms with van der Waals surface area (Å²) in [6, 6.07) is 0.495. The molecule has 1 unspecified atom stereocenters. The van der Waals surface area contributed by atoms with E-state index in [-0.39, 0.29) is 18.9 Å². The first-order valence-corrected chi connectivity index (χ1v) is 7.38. The smallest absolute Gasteiger partial charge is 0.328 e. The number of carbonyl (C=O) groups excluding carboxylic acids is 2. The third-order valence-corrected chi connectivity index (χ3v) is 3.03. The van der Waals surface area contributed by atoms with Crippen LogP contribution in [0, 0.1) is 23.4 Å². The standard InChI is InChI=1S/C16H20F3NO3/c1-4-7-23-16(22)12(8-9(2)3)20-15(21)10-5-6-11(17)14(19)13(10)18/h5-6,9,12H,4,7-8H2,1-3H3,(H,20,21). The molecule has 0 fully saturated rings. The zero-order valence-corrected chi connectivity index (χ0v) is 13.3. The number of nitrogens with one attached hydrogen (secondary N) is 1. The molecule has 0 radical (unpaired) electrons. The Labute approximate surface area is 133 Å². The second-order valence-corrected chi connectivity index (χ2v) is 5.55. The van der Waals surface area contributed by atoms with E-state index in [4.69, 9.17) is 4.74 Å². The van der Waals surface area contributed by atoms with Crippen molar-refractivity contribution in [3.8, 4) is 0 Å². The fraction of sp³-hybridized carbons (Fsp3) is 0.500. The Kier molecular flexibility index (Phi) is 7.06. The van der Waals surface area contributed by atoms with Crippen LogP contribution >= 0.6 is 0 Å². The van der Waals surface area contributed by atoms with Gasteiger partial charge >= 0.3 is 5.97 Å². The Morgan fingerprint density at radius 3 is 2.39 bits per heavy atom. The van der Waals surface area contributed by atoms with Crippen LogP contribution in [-0.2, 0) is 9.53 Å². The molecule has 23 heavy (non-hydrogen) atoms. The van der Waals surface area contributed by atoms with Gasteiger partial charge in [-0.05, 0) is 30.9 Å². The van der Waals surface area contributed by atoms with Crippen LogP contribution < -0.4 is 5.32 Å². The van der Waals surface area contributed by atoms with Gasteiger partial charge in [-0.2, -0.15) is 0 Å². The summed E-state index contributed by atoms with van der Waals surface area (Å²) in [5.74, 6) is -6.29. The van der Waals surface area contributed by atoms with Gasteiger partial charge in [-0.15, -0.1) is 0 Å². The van der Waals surface area contributed by atoms with Gasteiger partial charge in [0.15, 0.2) is 17.5 Å². The molecule has 1 aromatic carbocycles. The second-order valence-electron chi connectivity index (χ2n) is 5.55. The number of esters is 1. The van der Waals surface area contributed by atoms with Crippen molar-refractivity contribution >= 4 is 11.9 Å². The minimum Gasteiger partial charge on any atom is -0.464 e. The van der Waals surface area contributed by atoms with E-state index in [0.717, 1.165) is 6.07 Å². The lowest BCUT2D eigenvalue weighted by Gasteiger charge is -2.19. The summed E-state index contributed by atoms with van der Waals surface area (Å²) in [6.45, 7) is 5.69. The molecule has 1 rings (SSSR count). The van der Waals surface area contributed by atoms with Crippen molar-refractivity contribution in [2.24, 2.45) is 5.92 Å². The largest absolute Gasteiger partial charge is 0.464 e. The van der Waals surface area contributed by atoms with Gasteiger partial charge < -0.3 is 10.1 Å². The zero-order valence-electron chi connectivity index (χ0n) is 13.3. The summed E-state index contributed by atoms with van der Waals surface area (Å²) in [6.07, 6.45) is 0.894. The van der Waals surface area contributed by atoms with Crippen molar-refractivity contribution in [1.29, 1.82) is 0 Å². The van der Waals surface area contributed by atoms with Crippen molar-refractivity contribution in [3.05, 3.63) is 35.1 Å². The van der Waals surface area contributed by atoms with Crippen LogP contribution in [0.1, 0.15) is 44.0 Å². The molecule has 0 aliphatic heterocycles. The van der Waals surface area contributed by atoms with Gasteiger partial charge in [-0.1, -0.05) is 20.8 Å². The number of benzene rings is 1. The van der Waals surface area contributed by atoms with Crippen LogP contribution in [0.5, 0.6) is 0 Å². The van der Waals surface area contributed by atoms with Crippen LogP contribution in [0.4, 0.5) is 13.2 Å². The van der Waals surface area contributed by atoms with E-state index in [1.165, 1.54) is 0 Å². The first-order valence-electron chi connectivity index (χ1n) is 7.38. The second kappa shape index (κ2) is 8.55. The van der Waals surface area contributed by atoms with Crippen molar-refractivity contribution in [2.75, 3.05) is 6.61 Å². The summed E-state index contributed by atoms with van der Waals surface area (Å²) in [5.41, 5.74) is -0.666. The monoisotopic (exact) mass is 331 g/mol. The molecular weight excluding hydrogens is 311 g/mol. The van der Waals surface area contributed by atoms with Gasteiger partial charge in [0, 0.05) is 0 Å². The minimum atomic E-state index is -1.73. The van der Waals surface area contributed by atoms with Gasteiger partial charge in [0.1, 0.15) is 6.04 Å². The SMILES string of the molecule is CCCOC(=O)C(CC(C)C)NC(=O)c1ccc(F)c(F)c1F. The van der Waals surface area contributed by atoms with Gasteiger partial charge in [0.25, 0.3) is 5.91 Å². The Morgan fingerprint density at radius 2 is 1.83 bits per heavy atom. The first kappa shape index (κ1) is 19.0. The molecule has 7 heteroatoms. The molecule has 0 bridgehead atoms. The molecule has 128 valence electrons. The number of ether oxygens (including phenoxy) is 1. The van der Waals surface area contributed by atoms with Crippen molar-refractivity contribution < 1.29 is 27.5 Å². The Balaban J connectivity index is 2.92. The van der Waals surface area contributed by atoms with Crippen LogP contribution in [0.15, 0.2) is 12.1 Å². The van der Waals surface area contributed by atoms with Crippen LogP contribution in [0.25, 0.3) is 0 Å². The molecule has 1 N–H and O–H groups in total. The summed E-state index contributed by atoms with van der Waals surface area (Å²) in [5, 5.41) is 2.32. The molecule has 1 amide bonds. The minimum absolute atomic E-state index is 0.0595. The average molecular weight is 331 g/mol. The highest BCUT2D eigenvalue weighted by Gasteiger charge is 2.26. The fourth-order valence-electron chi connectivity index (χ4n) is 1.93. The summed E-state index contributed by atoms with van der Waals surface area (Å²) >= 11 is 0. The van der Waals surface area contributed by atoms with Gasteiger partial charge in [0.05, 0.1) is 12.2 Å². The third-order valence-electron chi connectivity index (χ3n) is 3.03. The first-order chi connectivity index (χ1) is 10.8. The number of halogens is 3. The quantitative estimate of drug-likeness (QED) is 0.617. The predicted molar refractivity (Wildman–Crippen MR) is 78.3 cm³/mol. The van der Waals surface area contributed by atoms with Crippen molar-refractivity contribution in [2.45, 2.75) is 39.7 Å². The molecule has 0 heterocycles. The summed E-state index contributed by atoms with van der Waals surface area (Å²) in [4.78, 5) is 24.0. The highest BCUT2D eigenvalue weighted by atomic mass is 19.2. The molecule has 0 aromatic heterocycles. The Morgan fingerprint density at radius 1 is 1.17 bits per heavy atom. The maximum Gasteiger partial charge on any atom is 0.328 e. The van der Waals surface area contributed by atoms with Gasteiger partial charge in [0.2, 0.25) is 0 Å². The molecule has 0 saturated carbocycles. The number of amides is 1. The topological polar surface area (TPSA) is 55.4 Å². The molecule has 0 saturated heterocycles. The maximum atomic E-state index is 13.6. The molecular formula is C16H20F3NO3. The molecule has 0 spiro atoms. The van der Waals surface area contributed by atoms with E-state index in [0.29, 0.717) is 12.5 Å². The van der Waals surface area contributed by atoms with E-state index >= 15 is 0 Å². The number of hydrogen-bond acceptors (Lipinski definition) is 3. The summed E-state index contributed by atoms with van der Waals surface area (Å²) in [7, 11) is 0. The number of hydrogen-bond donors (Lipinski definition) is 1. The maximum absolute atomic E-state index is 13.6. The Hall–Kier alpha value is -2.05. The van der Waals surface area contributed by atoms with Crippen LogP contribution in [0.2, 0.25) is 0 Å². The van der Waals surface area contributed by atoms with E-state index in [2.05, 4.69) is 5.32 Å². The lowest BCUT2D eigenvalue weighted by Crippen LogP contribution is -2.43. The lowest BCUT2D eigenvalue weighted by atomic mass is 10.0. The molecule has 1 aromatic rings. The van der Waals surface area contributed by atoms with E-state index in [9.17, 15) is 22.8 Å². The summed E-state index contributed by atoms with van der Waals surface area (Å²) < 4.78 is 44.7. The zero-order chi connectivity index (χ0) is 17.6. The van der Waals surface area contributed by atoms with Gasteiger partial charge in [-0.25, -0.2) is 18.0 Å². The van der Waals surface area contributed by atoms with Crippen molar-refractivity contribution in [1.82, 2.24) is 5.32 Å². The molecule has 0 aliphatic carbocycles. The predicted octanol–water partition coefficient (Wildman–Crippen LogP) is 3.20. The fourth-order valence-corrected chi connectivity index (χ4v) is 1.93. The number of carbonyl (C=O) groups is 2. The van der Waals surface area contributed by atoms with Crippen molar-refractivity contribution in [3.63, 3.8) is 0 Å². The Bertz CT molecular complexity index is 576. The highest BCUT2D eigenvalue weighted by Crippen LogP contribution is 2.16. The third kappa shape index (κ3) is 5.26. The van der Waals surface area contributed by atoms with Gasteiger partial charge in [-0.3, -0.25) is 4.79 Å².